The van der Waals surface area contributed by atoms with Gasteiger partial charge in [0.2, 0.25) is 0 Å². The van der Waals surface area contributed by atoms with Gasteiger partial charge < -0.3 is 20.9 Å². The number of phenols is 1. The van der Waals surface area contributed by atoms with E-state index in [-0.39, 0.29) is 17.4 Å². The molecule has 14 heteroatoms. The molecule has 4 aromatic heterocycles. The minimum absolute atomic E-state index is 0.108. The lowest BCUT2D eigenvalue weighted by Crippen LogP contribution is -2.27. The van der Waals surface area contributed by atoms with Crippen molar-refractivity contribution in [1.82, 2.24) is 34.6 Å². The molecule has 7 rings (SSSR count). The Labute approximate surface area is 259 Å². The predicted molar refractivity (Wildman–Crippen MR) is 162 cm³/mol. The van der Waals surface area contributed by atoms with Crippen molar-refractivity contribution in [2.45, 2.75) is 25.5 Å². The average molecular weight is 623 g/mol. The van der Waals surface area contributed by atoms with Crippen LogP contribution in [0.25, 0.3) is 34.1 Å². The molecule has 6 aromatic rings. The summed E-state index contributed by atoms with van der Waals surface area (Å²) >= 11 is 0. The van der Waals surface area contributed by atoms with E-state index in [1.54, 1.807) is 35.4 Å². The number of fused-ring (bicyclic) bond motifs is 2. The van der Waals surface area contributed by atoms with E-state index in [9.17, 15) is 23.5 Å². The van der Waals surface area contributed by atoms with E-state index in [1.165, 1.54) is 0 Å². The Morgan fingerprint density at radius 1 is 1.11 bits per heavy atom. The van der Waals surface area contributed by atoms with Gasteiger partial charge in [-0.25, -0.2) is 19.6 Å². The van der Waals surface area contributed by atoms with Gasteiger partial charge in [0.15, 0.2) is 35.1 Å². The molecular formula is C32H24F2N8O4. The Bertz CT molecular complexity index is 2130. The third kappa shape index (κ3) is 5.04. The summed E-state index contributed by atoms with van der Waals surface area (Å²) in [6, 6.07) is 16.6. The molecule has 12 nitrogen and oxygen atoms in total. The molecular weight excluding hydrogens is 598 g/mol. The quantitative estimate of drug-likeness (QED) is 0.203. The van der Waals surface area contributed by atoms with Crippen LogP contribution in [-0.2, 0) is 6.42 Å². The number of alkyl halides is 2. The number of carbonyl (C=O) groups excluding carboxylic acids is 2. The Balaban J connectivity index is 1.25. The molecule has 2 aromatic carbocycles. The van der Waals surface area contributed by atoms with Gasteiger partial charge in [-0.2, -0.15) is 13.9 Å². The number of amides is 1. The number of pyridine rings is 2. The van der Waals surface area contributed by atoms with E-state index < -0.39 is 30.1 Å². The normalized spacial score (nSPS) is 14.0. The van der Waals surface area contributed by atoms with Gasteiger partial charge in [-0.3, -0.25) is 14.2 Å². The Kier molecular flexibility index (Phi) is 7.08. The third-order valence-electron chi connectivity index (χ3n) is 7.79. The van der Waals surface area contributed by atoms with Gasteiger partial charge in [-0.05, 0) is 78.6 Å². The van der Waals surface area contributed by atoms with E-state index in [4.69, 9.17) is 15.7 Å². The summed E-state index contributed by atoms with van der Waals surface area (Å²) in [5.74, 6) is -0.589. The van der Waals surface area contributed by atoms with Gasteiger partial charge in [0.1, 0.15) is 11.3 Å². The number of nitrogens with two attached hydrogens (primary N) is 1. The van der Waals surface area contributed by atoms with Crippen molar-refractivity contribution in [3.05, 3.63) is 102 Å². The van der Waals surface area contributed by atoms with Crippen LogP contribution >= 0.6 is 0 Å². The molecule has 0 saturated carbocycles. The number of hydrogen-bond acceptors (Lipinski definition) is 9. The summed E-state index contributed by atoms with van der Waals surface area (Å²) in [5, 5.41) is 17.3. The summed E-state index contributed by atoms with van der Waals surface area (Å²) in [6.07, 6.45) is 6.53. The molecule has 0 aliphatic heterocycles. The van der Waals surface area contributed by atoms with Crippen molar-refractivity contribution in [1.29, 1.82) is 0 Å². The maximum Gasteiger partial charge on any atom is 0.387 e. The maximum absolute atomic E-state index is 13.2. The third-order valence-corrected chi connectivity index (χ3v) is 7.79. The van der Waals surface area contributed by atoms with E-state index in [1.807, 2.05) is 41.0 Å². The Morgan fingerprint density at radius 2 is 1.98 bits per heavy atom. The van der Waals surface area contributed by atoms with E-state index >= 15 is 0 Å². The number of nitrogens with one attached hydrogen (secondary N) is 1. The molecule has 0 radical (unpaired) electrons. The van der Waals surface area contributed by atoms with E-state index in [0.29, 0.717) is 47.0 Å². The topological polar surface area (TPSA) is 163 Å². The predicted octanol–water partition coefficient (Wildman–Crippen LogP) is 4.79. The molecule has 46 heavy (non-hydrogen) atoms. The fraction of sp³-hybridized carbons (Fsp3) is 0.125. The minimum Gasteiger partial charge on any atom is -0.504 e. The maximum atomic E-state index is 13.2. The summed E-state index contributed by atoms with van der Waals surface area (Å²) in [4.78, 5) is 38.6. The average Bonchev–Trinajstić information content (AvgIpc) is 3.81. The van der Waals surface area contributed by atoms with Crippen LogP contribution in [0.2, 0.25) is 0 Å². The van der Waals surface area contributed by atoms with Crippen molar-refractivity contribution in [3.8, 4) is 34.4 Å². The summed E-state index contributed by atoms with van der Waals surface area (Å²) < 4.78 is 33.6. The largest absolute Gasteiger partial charge is 0.504 e. The standard InChI is InChI=1S/C32H24F2N8O4/c33-32(34)46-25-15-18(13-19(16-43)27(25)44)31(45)39-23-7-4-17-14-20(5-6-21(17)23)42-29(22-3-1-10-36-28(22)35)38-24-8-9-26(40-30(24)42)41-12-2-11-37-41/h1-3,5-6,8-16,23,32,44H,4,7H2,(H2,35,36)(H,39,45). The van der Waals surface area contributed by atoms with Crippen LogP contribution in [0.4, 0.5) is 14.6 Å². The zero-order valence-corrected chi connectivity index (χ0v) is 23.8. The highest BCUT2D eigenvalue weighted by Gasteiger charge is 2.27. The van der Waals surface area contributed by atoms with E-state index in [0.717, 1.165) is 28.9 Å². The lowest BCUT2D eigenvalue weighted by atomic mass is 10.1. The van der Waals surface area contributed by atoms with Crippen LogP contribution in [0.5, 0.6) is 11.5 Å². The second-order valence-electron chi connectivity index (χ2n) is 10.5. The van der Waals surface area contributed by atoms with Gasteiger partial charge in [0, 0.05) is 29.8 Å². The fourth-order valence-electron chi connectivity index (χ4n) is 5.68. The van der Waals surface area contributed by atoms with Crippen LogP contribution < -0.4 is 15.8 Å². The number of nitrogens with zero attached hydrogens (tertiary/aromatic N) is 6. The number of rotatable bonds is 8. The molecule has 1 amide bonds. The molecule has 230 valence electrons. The van der Waals surface area contributed by atoms with Gasteiger partial charge in [0.25, 0.3) is 5.91 Å². The Hall–Kier alpha value is -6.18. The number of nitrogen functional groups attached to an aromatic ring is 1. The number of ether oxygens (including phenoxy) is 1. The van der Waals surface area contributed by atoms with Crippen LogP contribution in [-0.4, -0.2) is 53.2 Å². The number of imidazole rings is 1. The fourth-order valence-corrected chi connectivity index (χ4v) is 5.68. The number of phenolic OH excluding ortho intramolecular Hbond substituents is 1. The first-order chi connectivity index (χ1) is 22.3. The number of aromatic hydroxyl groups is 1. The highest BCUT2D eigenvalue weighted by atomic mass is 19.3. The second-order valence-corrected chi connectivity index (χ2v) is 10.5. The first-order valence-corrected chi connectivity index (χ1v) is 14.1. The zero-order valence-electron chi connectivity index (χ0n) is 23.8. The molecule has 4 N–H and O–H groups in total. The highest BCUT2D eigenvalue weighted by Crippen LogP contribution is 2.37. The molecule has 0 spiro atoms. The van der Waals surface area contributed by atoms with Crippen molar-refractivity contribution in [3.63, 3.8) is 0 Å². The summed E-state index contributed by atoms with van der Waals surface area (Å²) in [7, 11) is 0. The van der Waals surface area contributed by atoms with Crippen LogP contribution in [0.15, 0.2) is 79.3 Å². The number of aromatic nitrogens is 6. The lowest BCUT2D eigenvalue weighted by Gasteiger charge is -2.17. The van der Waals surface area contributed by atoms with Gasteiger partial charge in [-0.1, -0.05) is 6.07 Å². The monoisotopic (exact) mass is 622 g/mol. The number of hydrogen-bond donors (Lipinski definition) is 3. The molecule has 1 aliphatic carbocycles. The number of carbonyl (C=O) groups is 2. The highest BCUT2D eigenvalue weighted by molar-refractivity contribution is 5.97. The molecule has 4 heterocycles. The number of anilines is 1. The molecule has 1 aliphatic rings. The number of aldehydes is 1. The Morgan fingerprint density at radius 3 is 2.74 bits per heavy atom. The summed E-state index contributed by atoms with van der Waals surface area (Å²) in [6.45, 7) is -3.25. The second kappa shape index (κ2) is 11.4. The smallest absolute Gasteiger partial charge is 0.387 e. The van der Waals surface area contributed by atoms with Crippen molar-refractivity contribution in [2.24, 2.45) is 0 Å². The minimum atomic E-state index is -3.25. The van der Waals surface area contributed by atoms with E-state index in [2.05, 4.69) is 20.1 Å². The van der Waals surface area contributed by atoms with Crippen molar-refractivity contribution < 1.29 is 28.2 Å². The zero-order chi connectivity index (χ0) is 31.9. The van der Waals surface area contributed by atoms with Crippen molar-refractivity contribution in [2.75, 3.05) is 5.73 Å². The number of aryl methyl sites for hydroxylation is 1. The molecule has 0 bridgehead atoms. The summed E-state index contributed by atoms with van der Waals surface area (Å²) in [5.41, 5.74) is 10.3. The number of benzene rings is 2. The number of halogens is 2. The van der Waals surface area contributed by atoms with Crippen LogP contribution in [0.3, 0.4) is 0 Å². The molecule has 0 saturated heterocycles. The molecule has 1 unspecified atom stereocenters. The van der Waals surface area contributed by atoms with Crippen LogP contribution in [0, 0.1) is 0 Å². The van der Waals surface area contributed by atoms with Gasteiger partial charge >= 0.3 is 6.61 Å². The van der Waals surface area contributed by atoms with Gasteiger partial charge in [-0.15, -0.1) is 0 Å². The van der Waals surface area contributed by atoms with Crippen molar-refractivity contribution >= 4 is 29.2 Å². The first kappa shape index (κ1) is 28.6. The van der Waals surface area contributed by atoms with Crippen LogP contribution in [0.1, 0.15) is 44.3 Å². The molecule has 0 fully saturated rings. The first-order valence-electron chi connectivity index (χ1n) is 14.1. The van der Waals surface area contributed by atoms with Gasteiger partial charge in [0.05, 0.1) is 17.2 Å². The lowest BCUT2D eigenvalue weighted by molar-refractivity contribution is -0.0513. The molecule has 1 atom stereocenters. The SMILES string of the molecule is Nc1ncccc1-c1nc2ccc(-n3cccn3)nc2n1-c1ccc2c(c1)CCC2NC(=O)c1cc(C=O)c(O)c(OC(F)F)c1.